The first-order valence-corrected chi connectivity index (χ1v) is 7.11. The maximum atomic E-state index is 12.3. The Kier molecular flexibility index (Phi) is 3.73. The molecule has 6 nitrogen and oxygen atoms in total. The first-order chi connectivity index (χ1) is 10.1. The molecule has 1 saturated heterocycles. The van der Waals surface area contributed by atoms with Gasteiger partial charge < -0.3 is 24.6 Å². The maximum Gasteiger partial charge on any atom is 0.255 e. The molecule has 3 rings (SSSR count). The molecule has 0 aliphatic carbocycles. The van der Waals surface area contributed by atoms with Gasteiger partial charge >= 0.3 is 0 Å². The van der Waals surface area contributed by atoms with E-state index >= 15 is 0 Å². The summed E-state index contributed by atoms with van der Waals surface area (Å²) in [6, 6.07) is 5.20. The van der Waals surface area contributed by atoms with E-state index in [1.54, 1.807) is 25.1 Å². The average molecular weight is 293 g/mol. The molecule has 2 heterocycles. The Morgan fingerprint density at radius 2 is 2.19 bits per heavy atom. The summed E-state index contributed by atoms with van der Waals surface area (Å²) >= 11 is 0. The van der Waals surface area contributed by atoms with Crippen molar-refractivity contribution in [1.82, 2.24) is 5.32 Å². The lowest BCUT2D eigenvalue weighted by Crippen LogP contribution is -2.47. The topological polar surface area (TPSA) is 77.0 Å². The van der Waals surface area contributed by atoms with Crippen molar-refractivity contribution in [3.63, 3.8) is 0 Å². The van der Waals surface area contributed by atoms with E-state index in [0.717, 1.165) is 0 Å². The molecule has 2 atom stereocenters. The number of fused-ring (bicyclic) bond motifs is 1. The molecule has 2 unspecified atom stereocenters. The third kappa shape index (κ3) is 2.69. The van der Waals surface area contributed by atoms with Crippen LogP contribution < -0.4 is 14.8 Å². The van der Waals surface area contributed by atoms with Gasteiger partial charge in [0.05, 0.1) is 11.7 Å². The number of hydrogen-bond acceptors (Lipinski definition) is 5. The smallest absolute Gasteiger partial charge is 0.255 e. The van der Waals surface area contributed by atoms with Gasteiger partial charge in [0, 0.05) is 19.6 Å². The van der Waals surface area contributed by atoms with E-state index in [4.69, 9.17) is 14.2 Å². The first kappa shape index (κ1) is 14.2. The van der Waals surface area contributed by atoms with Crippen LogP contribution >= 0.6 is 0 Å². The Hall–Kier alpha value is -1.79. The van der Waals surface area contributed by atoms with Crippen LogP contribution in [-0.4, -0.2) is 49.1 Å². The van der Waals surface area contributed by atoms with Crippen molar-refractivity contribution < 1.29 is 24.1 Å². The van der Waals surface area contributed by atoms with Crippen LogP contribution in [0.15, 0.2) is 18.2 Å². The SMILES string of the molecule is CC1OCCC1(O)CNC(=O)c1cccc2c1OCCO2. The lowest BCUT2D eigenvalue weighted by molar-refractivity contribution is -0.0252. The number of hydrogen-bond donors (Lipinski definition) is 2. The second-order valence-electron chi connectivity index (χ2n) is 5.38. The molecule has 0 radical (unpaired) electrons. The van der Waals surface area contributed by atoms with E-state index in [0.29, 0.717) is 43.3 Å². The Balaban J connectivity index is 1.71. The zero-order valence-corrected chi connectivity index (χ0v) is 11.9. The van der Waals surface area contributed by atoms with E-state index in [1.807, 2.05) is 0 Å². The molecule has 1 aromatic carbocycles. The standard InChI is InChI=1S/C15H19NO5/c1-10-15(18,5-6-19-10)9-16-14(17)11-3-2-4-12-13(11)21-8-7-20-12/h2-4,10,18H,5-9H2,1H3,(H,16,17). The molecule has 6 heteroatoms. The molecule has 1 fully saturated rings. The minimum Gasteiger partial charge on any atom is -0.486 e. The van der Waals surface area contributed by atoms with E-state index < -0.39 is 5.60 Å². The molecule has 2 N–H and O–H groups in total. The van der Waals surface area contributed by atoms with Crippen molar-refractivity contribution in [1.29, 1.82) is 0 Å². The maximum absolute atomic E-state index is 12.3. The van der Waals surface area contributed by atoms with E-state index in [9.17, 15) is 9.90 Å². The van der Waals surface area contributed by atoms with E-state index in [1.165, 1.54) is 0 Å². The lowest BCUT2D eigenvalue weighted by Gasteiger charge is -2.26. The summed E-state index contributed by atoms with van der Waals surface area (Å²) in [6.07, 6.45) is 0.225. The number of carbonyl (C=O) groups excluding carboxylic acids is 1. The van der Waals surface area contributed by atoms with Crippen molar-refractivity contribution in [2.75, 3.05) is 26.4 Å². The number of aliphatic hydroxyl groups is 1. The number of nitrogens with one attached hydrogen (secondary N) is 1. The van der Waals surface area contributed by atoms with Crippen LogP contribution in [0.2, 0.25) is 0 Å². The molecule has 114 valence electrons. The minimum absolute atomic E-state index is 0.150. The molecule has 0 bridgehead atoms. The summed E-state index contributed by atoms with van der Waals surface area (Å²) in [6.45, 7) is 3.36. The van der Waals surface area contributed by atoms with Gasteiger partial charge in [-0.2, -0.15) is 0 Å². The van der Waals surface area contributed by atoms with E-state index in [-0.39, 0.29) is 18.6 Å². The number of para-hydroxylation sites is 1. The van der Waals surface area contributed by atoms with Crippen LogP contribution in [0.4, 0.5) is 0 Å². The van der Waals surface area contributed by atoms with Crippen molar-refractivity contribution in [3.05, 3.63) is 23.8 Å². The van der Waals surface area contributed by atoms with Gasteiger partial charge in [-0.15, -0.1) is 0 Å². The van der Waals surface area contributed by atoms with Crippen molar-refractivity contribution in [3.8, 4) is 11.5 Å². The Morgan fingerprint density at radius 1 is 1.38 bits per heavy atom. The van der Waals surface area contributed by atoms with Crippen molar-refractivity contribution >= 4 is 5.91 Å². The van der Waals surface area contributed by atoms with Gasteiger partial charge in [0.25, 0.3) is 5.91 Å². The van der Waals surface area contributed by atoms with Crippen LogP contribution in [0, 0.1) is 0 Å². The summed E-state index contributed by atoms with van der Waals surface area (Å²) in [4.78, 5) is 12.3. The number of carbonyl (C=O) groups is 1. The number of amides is 1. The van der Waals surface area contributed by atoms with Gasteiger partial charge in [0.15, 0.2) is 11.5 Å². The normalized spacial score (nSPS) is 27.4. The Labute approximate surface area is 123 Å². The fourth-order valence-electron chi connectivity index (χ4n) is 2.58. The van der Waals surface area contributed by atoms with Gasteiger partial charge in [-0.1, -0.05) is 6.07 Å². The van der Waals surface area contributed by atoms with Gasteiger partial charge in [0.1, 0.15) is 18.8 Å². The zero-order valence-electron chi connectivity index (χ0n) is 11.9. The van der Waals surface area contributed by atoms with Gasteiger partial charge in [-0.05, 0) is 19.1 Å². The Bertz CT molecular complexity index is 547. The van der Waals surface area contributed by atoms with Gasteiger partial charge in [-0.25, -0.2) is 0 Å². The van der Waals surface area contributed by atoms with Gasteiger partial charge in [0.2, 0.25) is 0 Å². The molecular weight excluding hydrogens is 274 g/mol. The Morgan fingerprint density at radius 3 is 2.95 bits per heavy atom. The summed E-state index contributed by atoms with van der Waals surface area (Å²) in [5.41, 5.74) is -0.593. The fraction of sp³-hybridized carbons (Fsp3) is 0.533. The third-order valence-electron chi connectivity index (χ3n) is 4.03. The summed E-state index contributed by atoms with van der Waals surface area (Å²) in [7, 11) is 0. The lowest BCUT2D eigenvalue weighted by atomic mass is 9.96. The number of rotatable bonds is 3. The largest absolute Gasteiger partial charge is 0.486 e. The monoisotopic (exact) mass is 293 g/mol. The highest BCUT2D eigenvalue weighted by Gasteiger charge is 2.39. The molecule has 2 aliphatic rings. The van der Waals surface area contributed by atoms with Crippen LogP contribution in [0.1, 0.15) is 23.7 Å². The molecule has 0 spiro atoms. The highest BCUT2D eigenvalue weighted by molar-refractivity contribution is 5.97. The van der Waals surface area contributed by atoms with E-state index in [2.05, 4.69) is 5.32 Å². The average Bonchev–Trinajstić information content (AvgIpc) is 2.84. The minimum atomic E-state index is -1.01. The highest BCUT2D eigenvalue weighted by atomic mass is 16.6. The van der Waals surface area contributed by atoms with Crippen molar-refractivity contribution in [2.24, 2.45) is 0 Å². The molecule has 1 aromatic rings. The molecule has 0 saturated carbocycles. The summed E-state index contributed by atoms with van der Waals surface area (Å²) < 4.78 is 16.3. The summed E-state index contributed by atoms with van der Waals surface area (Å²) in [5.74, 6) is 0.749. The third-order valence-corrected chi connectivity index (χ3v) is 4.03. The van der Waals surface area contributed by atoms with Crippen LogP contribution in [0.3, 0.4) is 0 Å². The van der Waals surface area contributed by atoms with Crippen LogP contribution in [-0.2, 0) is 4.74 Å². The van der Waals surface area contributed by atoms with Crippen LogP contribution in [0.5, 0.6) is 11.5 Å². The van der Waals surface area contributed by atoms with Crippen molar-refractivity contribution in [2.45, 2.75) is 25.0 Å². The number of benzene rings is 1. The first-order valence-electron chi connectivity index (χ1n) is 7.11. The molecule has 21 heavy (non-hydrogen) atoms. The number of ether oxygens (including phenoxy) is 3. The molecule has 2 aliphatic heterocycles. The predicted octanol–water partition coefficient (Wildman–Crippen LogP) is 0.727. The fourth-order valence-corrected chi connectivity index (χ4v) is 2.58. The second-order valence-corrected chi connectivity index (χ2v) is 5.38. The van der Waals surface area contributed by atoms with Crippen LogP contribution in [0.25, 0.3) is 0 Å². The zero-order chi connectivity index (χ0) is 14.9. The summed E-state index contributed by atoms with van der Waals surface area (Å²) in [5, 5.41) is 13.2. The molecular formula is C15H19NO5. The quantitative estimate of drug-likeness (QED) is 0.859. The molecule has 1 amide bonds. The highest BCUT2D eigenvalue weighted by Crippen LogP contribution is 2.33. The molecule has 0 aromatic heterocycles. The second kappa shape index (κ2) is 5.54. The van der Waals surface area contributed by atoms with Gasteiger partial charge in [-0.3, -0.25) is 4.79 Å². The predicted molar refractivity (Wildman–Crippen MR) is 74.7 cm³/mol.